The number of likely N-dealkylation sites (tertiary alicyclic amines) is 1. The fourth-order valence-electron chi connectivity index (χ4n) is 2.82. The van der Waals surface area contributed by atoms with Crippen molar-refractivity contribution in [3.63, 3.8) is 0 Å². The third-order valence-electron chi connectivity index (χ3n) is 4.22. The van der Waals surface area contributed by atoms with Crippen LogP contribution in [0.3, 0.4) is 0 Å². The second-order valence-corrected chi connectivity index (χ2v) is 5.68. The lowest BCUT2D eigenvalue weighted by Gasteiger charge is -2.28. The predicted molar refractivity (Wildman–Crippen MR) is 73.8 cm³/mol. The van der Waals surface area contributed by atoms with Crippen molar-refractivity contribution in [3.8, 4) is 0 Å². The Labute approximate surface area is 119 Å². The lowest BCUT2D eigenvalue weighted by atomic mass is 9.93. The highest BCUT2D eigenvalue weighted by Crippen LogP contribution is 2.18. The zero-order valence-electron chi connectivity index (χ0n) is 12.0. The van der Waals surface area contributed by atoms with Crippen LogP contribution in [0.4, 0.5) is 0 Å². The van der Waals surface area contributed by atoms with E-state index in [4.69, 9.17) is 0 Å². The Morgan fingerprint density at radius 2 is 2.00 bits per heavy atom. The van der Waals surface area contributed by atoms with Gasteiger partial charge in [0.15, 0.2) is 0 Å². The molecular weight excluding hydrogens is 258 g/mol. The molecule has 2 heterocycles. The van der Waals surface area contributed by atoms with E-state index < -0.39 is 6.04 Å². The summed E-state index contributed by atoms with van der Waals surface area (Å²) < 4.78 is 0. The van der Waals surface area contributed by atoms with Crippen molar-refractivity contribution in [2.45, 2.75) is 44.6 Å². The molecule has 2 fully saturated rings. The number of amides is 3. The monoisotopic (exact) mass is 281 g/mol. The molecule has 6 nitrogen and oxygen atoms in total. The Balaban J connectivity index is 1.73. The van der Waals surface area contributed by atoms with E-state index in [1.807, 2.05) is 0 Å². The van der Waals surface area contributed by atoms with Crippen LogP contribution < -0.4 is 10.6 Å². The third kappa shape index (κ3) is 3.79. The molecule has 0 saturated carbocycles. The zero-order chi connectivity index (χ0) is 14.5. The fraction of sp³-hybridized carbons (Fsp3) is 0.786. The lowest BCUT2D eigenvalue weighted by Crippen LogP contribution is -2.52. The van der Waals surface area contributed by atoms with E-state index in [9.17, 15) is 14.4 Å². The Morgan fingerprint density at radius 3 is 2.70 bits per heavy atom. The van der Waals surface area contributed by atoms with Gasteiger partial charge in [-0.15, -0.1) is 0 Å². The van der Waals surface area contributed by atoms with Crippen LogP contribution in [0, 0.1) is 5.92 Å². The van der Waals surface area contributed by atoms with Crippen LogP contribution in [-0.4, -0.2) is 48.8 Å². The van der Waals surface area contributed by atoms with Gasteiger partial charge in [0.1, 0.15) is 6.04 Å². The summed E-state index contributed by atoms with van der Waals surface area (Å²) in [6.45, 7) is 2.06. The number of likely N-dealkylation sites (N-methyl/N-ethyl adjacent to an activating group) is 1. The van der Waals surface area contributed by atoms with Crippen molar-refractivity contribution in [1.29, 1.82) is 0 Å². The van der Waals surface area contributed by atoms with Crippen LogP contribution in [0.2, 0.25) is 0 Å². The Hall–Kier alpha value is -1.43. The fourth-order valence-corrected chi connectivity index (χ4v) is 2.82. The van der Waals surface area contributed by atoms with Crippen LogP contribution in [-0.2, 0) is 14.4 Å². The molecule has 1 atom stereocenters. The number of carbonyl (C=O) groups is 3. The summed E-state index contributed by atoms with van der Waals surface area (Å²) in [4.78, 5) is 36.2. The minimum Gasteiger partial charge on any atom is -0.344 e. The van der Waals surface area contributed by atoms with E-state index in [0.717, 1.165) is 37.3 Å². The van der Waals surface area contributed by atoms with E-state index in [1.54, 1.807) is 0 Å². The van der Waals surface area contributed by atoms with Gasteiger partial charge in [-0.25, -0.2) is 0 Å². The van der Waals surface area contributed by atoms with Gasteiger partial charge in [-0.1, -0.05) is 0 Å². The van der Waals surface area contributed by atoms with Gasteiger partial charge in [0.2, 0.25) is 11.8 Å². The number of imide groups is 1. The lowest BCUT2D eigenvalue weighted by molar-refractivity contribution is -0.149. The summed E-state index contributed by atoms with van der Waals surface area (Å²) in [5, 5.41) is 6.06. The summed E-state index contributed by atoms with van der Waals surface area (Å²) in [7, 11) is 1.47. The van der Waals surface area contributed by atoms with Crippen molar-refractivity contribution in [2.75, 3.05) is 20.1 Å². The van der Waals surface area contributed by atoms with Gasteiger partial charge in [-0.05, 0) is 44.7 Å². The highest BCUT2D eigenvalue weighted by atomic mass is 16.2. The number of carbonyl (C=O) groups excluding carboxylic acids is 3. The summed E-state index contributed by atoms with van der Waals surface area (Å²) in [6, 6.07) is -0.529. The Bertz CT molecular complexity index is 391. The van der Waals surface area contributed by atoms with Gasteiger partial charge in [-0.2, -0.15) is 0 Å². The Kier molecular flexibility index (Phi) is 5.11. The van der Waals surface area contributed by atoms with Crippen molar-refractivity contribution < 1.29 is 14.4 Å². The Morgan fingerprint density at radius 1 is 1.30 bits per heavy atom. The van der Waals surface area contributed by atoms with Gasteiger partial charge in [0, 0.05) is 19.9 Å². The number of rotatable bonds is 4. The van der Waals surface area contributed by atoms with Crippen molar-refractivity contribution in [3.05, 3.63) is 0 Å². The molecule has 20 heavy (non-hydrogen) atoms. The summed E-state index contributed by atoms with van der Waals surface area (Å²) in [6.07, 6.45) is 4.32. The molecule has 0 aromatic carbocycles. The van der Waals surface area contributed by atoms with E-state index in [2.05, 4.69) is 10.6 Å². The number of piperidine rings is 2. The standard InChI is InChI=1S/C14H23N3O3/c1-17-13(19)5-3-11(14(17)20)16-12(18)4-2-10-6-8-15-9-7-10/h10-11,15H,2-9H2,1H3,(H,16,18). The highest BCUT2D eigenvalue weighted by molar-refractivity contribution is 6.01. The summed E-state index contributed by atoms with van der Waals surface area (Å²) in [5.41, 5.74) is 0. The number of hydrogen-bond acceptors (Lipinski definition) is 4. The molecule has 0 bridgehead atoms. The summed E-state index contributed by atoms with van der Waals surface area (Å²) in [5.74, 6) is 0.0598. The van der Waals surface area contributed by atoms with Crippen molar-refractivity contribution in [2.24, 2.45) is 5.92 Å². The van der Waals surface area contributed by atoms with Crippen LogP contribution >= 0.6 is 0 Å². The van der Waals surface area contributed by atoms with Gasteiger partial charge in [-0.3, -0.25) is 19.3 Å². The number of nitrogens with zero attached hydrogens (tertiary/aromatic N) is 1. The normalized spacial score (nSPS) is 24.9. The summed E-state index contributed by atoms with van der Waals surface area (Å²) >= 11 is 0. The third-order valence-corrected chi connectivity index (χ3v) is 4.22. The highest BCUT2D eigenvalue weighted by Gasteiger charge is 2.32. The van der Waals surface area contributed by atoms with Crippen molar-refractivity contribution in [1.82, 2.24) is 15.5 Å². The quantitative estimate of drug-likeness (QED) is 0.713. The van der Waals surface area contributed by atoms with Crippen molar-refractivity contribution >= 4 is 17.7 Å². The van der Waals surface area contributed by atoms with Gasteiger partial charge in [0.05, 0.1) is 0 Å². The average molecular weight is 281 g/mol. The second kappa shape index (κ2) is 6.83. The molecule has 3 amide bonds. The predicted octanol–water partition coefficient (Wildman–Crippen LogP) is 0.0298. The molecule has 0 aromatic rings. The van der Waals surface area contributed by atoms with Gasteiger partial charge >= 0.3 is 0 Å². The first-order chi connectivity index (χ1) is 9.58. The first-order valence-electron chi connectivity index (χ1n) is 7.38. The molecule has 2 rings (SSSR count). The average Bonchev–Trinajstić information content (AvgIpc) is 2.47. The molecule has 1 unspecified atom stereocenters. The molecule has 0 spiro atoms. The molecule has 2 aliphatic rings. The molecule has 0 radical (unpaired) electrons. The van der Waals surface area contributed by atoms with E-state index in [0.29, 0.717) is 25.2 Å². The maximum Gasteiger partial charge on any atom is 0.251 e. The molecule has 0 aliphatic carbocycles. The molecule has 0 aromatic heterocycles. The smallest absolute Gasteiger partial charge is 0.251 e. The maximum absolute atomic E-state index is 11.9. The molecule has 6 heteroatoms. The molecule has 2 saturated heterocycles. The maximum atomic E-state index is 11.9. The SMILES string of the molecule is CN1C(=O)CCC(NC(=O)CCC2CCNCC2)C1=O. The second-order valence-electron chi connectivity index (χ2n) is 5.68. The van der Waals surface area contributed by atoms with Gasteiger partial charge in [0.25, 0.3) is 5.91 Å². The molecule has 2 N–H and O–H groups in total. The minimum atomic E-state index is -0.529. The molecule has 112 valence electrons. The first-order valence-corrected chi connectivity index (χ1v) is 7.38. The van der Waals surface area contributed by atoms with Crippen LogP contribution in [0.25, 0.3) is 0 Å². The largest absolute Gasteiger partial charge is 0.344 e. The first kappa shape index (κ1) is 15.0. The minimum absolute atomic E-state index is 0.0790. The zero-order valence-corrected chi connectivity index (χ0v) is 12.0. The van der Waals surface area contributed by atoms with Gasteiger partial charge < -0.3 is 10.6 Å². The van der Waals surface area contributed by atoms with E-state index >= 15 is 0 Å². The van der Waals surface area contributed by atoms with Crippen LogP contribution in [0.5, 0.6) is 0 Å². The number of nitrogens with one attached hydrogen (secondary N) is 2. The molecule has 2 aliphatic heterocycles. The topological polar surface area (TPSA) is 78.5 Å². The van der Waals surface area contributed by atoms with E-state index in [1.165, 1.54) is 7.05 Å². The molecular formula is C14H23N3O3. The van der Waals surface area contributed by atoms with E-state index in [-0.39, 0.29) is 17.7 Å². The number of hydrogen-bond donors (Lipinski definition) is 2. The van der Waals surface area contributed by atoms with Crippen LogP contribution in [0.1, 0.15) is 38.5 Å². The van der Waals surface area contributed by atoms with Crippen LogP contribution in [0.15, 0.2) is 0 Å².